The van der Waals surface area contributed by atoms with Gasteiger partial charge in [0, 0.05) is 25.2 Å². The van der Waals surface area contributed by atoms with E-state index in [0.29, 0.717) is 19.0 Å². The van der Waals surface area contributed by atoms with Crippen LogP contribution in [0.2, 0.25) is 0 Å². The minimum atomic E-state index is -0.456. The molecule has 4 N–H and O–H groups in total. The van der Waals surface area contributed by atoms with Crippen molar-refractivity contribution in [3.05, 3.63) is 0 Å². The van der Waals surface area contributed by atoms with E-state index in [0.717, 1.165) is 0 Å². The average molecular weight is 299 g/mol. The topological polar surface area (TPSA) is 76.4 Å². The first-order chi connectivity index (χ1) is 9.81. The number of carbonyl (C=O) groups excluding carboxylic acids is 1. The third kappa shape index (κ3) is 7.67. The van der Waals surface area contributed by atoms with E-state index in [2.05, 4.69) is 17.6 Å². The number of amides is 1. The van der Waals surface area contributed by atoms with E-state index in [-0.39, 0.29) is 18.2 Å². The van der Waals surface area contributed by atoms with Crippen molar-refractivity contribution < 1.29 is 9.53 Å². The van der Waals surface area contributed by atoms with E-state index < -0.39 is 5.60 Å². The number of nitrogens with one attached hydrogen (secondary N) is 2. The minimum Gasteiger partial charge on any atom is -0.444 e. The first-order valence-corrected chi connectivity index (χ1v) is 8.25. The first-order valence-electron chi connectivity index (χ1n) is 8.25. The van der Waals surface area contributed by atoms with E-state index in [9.17, 15) is 4.79 Å². The molecule has 1 aliphatic rings. The summed E-state index contributed by atoms with van der Waals surface area (Å²) in [6.45, 7) is 8.92. The van der Waals surface area contributed by atoms with Crippen molar-refractivity contribution in [2.45, 2.75) is 77.5 Å². The van der Waals surface area contributed by atoms with E-state index in [1.807, 2.05) is 20.8 Å². The molecule has 1 amide bonds. The molecule has 1 fully saturated rings. The second kappa shape index (κ2) is 8.59. The van der Waals surface area contributed by atoms with Crippen LogP contribution in [0, 0.1) is 5.92 Å². The lowest BCUT2D eigenvalue weighted by atomic mass is 9.83. The number of hydrogen-bond acceptors (Lipinski definition) is 4. The highest BCUT2D eigenvalue weighted by Crippen LogP contribution is 2.26. The third-order valence-corrected chi connectivity index (χ3v) is 3.94. The molecule has 0 bridgehead atoms. The Kier molecular flexibility index (Phi) is 7.46. The monoisotopic (exact) mass is 299 g/mol. The van der Waals surface area contributed by atoms with Crippen molar-refractivity contribution in [1.82, 2.24) is 10.6 Å². The highest BCUT2D eigenvalue weighted by atomic mass is 16.6. The van der Waals surface area contributed by atoms with Crippen LogP contribution in [0.4, 0.5) is 4.79 Å². The van der Waals surface area contributed by atoms with Crippen molar-refractivity contribution in [3.8, 4) is 0 Å². The molecule has 5 heteroatoms. The number of carbonyl (C=O) groups is 1. The molecule has 2 atom stereocenters. The van der Waals surface area contributed by atoms with Crippen molar-refractivity contribution in [1.29, 1.82) is 0 Å². The molecule has 1 aliphatic carbocycles. The van der Waals surface area contributed by atoms with Gasteiger partial charge in [0.25, 0.3) is 0 Å². The van der Waals surface area contributed by atoms with Gasteiger partial charge in [0.05, 0.1) is 0 Å². The Balaban J connectivity index is 2.49. The van der Waals surface area contributed by atoms with Gasteiger partial charge in [0.15, 0.2) is 0 Å². The Morgan fingerprint density at radius 2 is 1.90 bits per heavy atom. The predicted octanol–water partition coefficient (Wildman–Crippen LogP) is 2.40. The summed E-state index contributed by atoms with van der Waals surface area (Å²) in [5.41, 5.74) is 5.26. The van der Waals surface area contributed by atoms with Gasteiger partial charge in [-0.3, -0.25) is 0 Å². The summed E-state index contributed by atoms with van der Waals surface area (Å²) in [7, 11) is 0. The maximum absolute atomic E-state index is 11.8. The fourth-order valence-electron chi connectivity index (χ4n) is 2.84. The Morgan fingerprint density at radius 1 is 1.29 bits per heavy atom. The molecular formula is C16H33N3O2. The molecule has 0 aliphatic heterocycles. The number of hydrogen-bond donors (Lipinski definition) is 3. The lowest BCUT2D eigenvalue weighted by Gasteiger charge is -2.33. The zero-order chi connectivity index (χ0) is 15.9. The molecule has 2 unspecified atom stereocenters. The highest BCUT2D eigenvalue weighted by Gasteiger charge is 2.25. The van der Waals surface area contributed by atoms with Crippen molar-refractivity contribution in [3.63, 3.8) is 0 Å². The summed E-state index contributed by atoms with van der Waals surface area (Å²) in [6, 6.07) is 0.536. The SMILES string of the molecule is CC(CN)NC(CNC(=O)OC(C)(C)C)C1CCCCC1. The van der Waals surface area contributed by atoms with E-state index in [1.54, 1.807) is 0 Å². The second-order valence-electron chi connectivity index (χ2n) is 7.19. The van der Waals surface area contributed by atoms with Gasteiger partial charge in [-0.25, -0.2) is 4.79 Å². The Labute approximate surface area is 129 Å². The number of alkyl carbamates (subject to hydrolysis) is 1. The number of nitrogens with two attached hydrogens (primary N) is 1. The largest absolute Gasteiger partial charge is 0.444 e. The summed E-state index contributed by atoms with van der Waals surface area (Å²) in [4.78, 5) is 11.8. The summed E-state index contributed by atoms with van der Waals surface area (Å²) in [6.07, 6.45) is 6.01. The van der Waals surface area contributed by atoms with Crippen LogP contribution in [0.3, 0.4) is 0 Å². The lowest BCUT2D eigenvalue weighted by Crippen LogP contribution is -2.51. The van der Waals surface area contributed by atoms with E-state index >= 15 is 0 Å². The minimum absolute atomic E-state index is 0.261. The molecule has 0 aromatic carbocycles. The van der Waals surface area contributed by atoms with Gasteiger partial charge < -0.3 is 21.1 Å². The standard InChI is InChI=1S/C16H33N3O2/c1-12(10-17)19-14(13-8-6-5-7-9-13)11-18-15(20)21-16(2,3)4/h12-14,19H,5-11,17H2,1-4H3,(H,18,20). The Hall–Kier alpha value is -0.810. The van der Waals surface area contributed by atoms with Gasteiger partial charge in [-0.05, 0) is 46.5 Å². The molecule has 0 aromatic rings. The normalized spacial score (nSPS) is 19.9. The molecule has 0 saturated heterocycles. The van der Waals surface area contributed by atoms with Crippen LogP contribution < -0.4 is 16.4 Å². The van der Waals surface area contributed by atoms with E-state index in [4.69, 9.17) is 10.5 Å². The van der Waals surface area contributed by atoms with Crippen LogP contribution in [0.5, 0.6) is 0 Å². The lowest BCUT2D eigenvalue weighted by molar-refractivity contribution is 0.0514. The van der Waals surface area contributed by atoms with Crippen LogP contribution in [-0.2, 0) is 4.74 Å². The Morgan fingerprint density at radius 3 is 2.43 bits per heavy atom. The Bertz CT molecular complexity index is 309. The van der Waals surface area contributed by atoms with E-state index in [1.165, 1.54) is 32.1 Å². The second-order valence-corrected chi connectivity index (χ2v) is 7.19. The van der Waals surface area contributed by atoms with Crippen LogP contribution >= 0.6 is 0 Å². The molecule has 5 nitrogen and oxygen atoms in total. The smallest absolute Gasteiger partial charge is 0.407 e. The van der Waals surface area contributed by atoms with Gasteiger partial charge in [-0.2, -0.15) is 0 Å². The summed E-state index contributed by atoms with van der Waals surface area (Å²) >= 11 is 0. The number of ether oxygens (including phenoxy) is 1. The molecule has 1 rings (SSSR count). The molecule has 0 aromatic heterocycles. The fourth-order valence-corrected chi connectivity index (χ4v) is 2.84. The summed E-state index contributed by atoms with van der Waals surface area (Å²) in [5, 5.41) is 6.46. The highest BCUT2D eigenvalue weighted by molar-refractivity contribution is 5.67. The molecule has 0 radical (unpaired) electrons. The molecule has 124 valence electrons. The molecular weight excluding hydrogens is 266 g/mol. The quantitative estimate of drug-likeness (QED) is 0.704. The molecule has 1 saturated carbocycles. The zero-order valence-electron chi connectivity index (χ0n) is 14.1. The maximum atomic E-state index is 11.8. The van der Waals surface area contributed by atoms with Crippen molar-refractivity contribution in [2.24, 2.45) is 11.7 Å². The van der Waals surface area contributed by atoms with Gasteiger partial charge in [0.2, 0.25) is 0 Å². The summed E-state index contributed by atoms with van der Waals surface area (Å²) in [5.74, 6) is 0.614. The van der Waals surface area contributed by atoms with Gasteiger partial charge >= 0.3 is 6.09 Å². The van der Waals surface area contributed by atoms with Gasteiger partial charge in [0.1, 0.15) is 5.60 Å². The molecule has 0 spiro atoms. The van der Waals surface area contributed by atoms with Crippen LogP contribution in [0.1, 0.15) is 59.8 Å². The van der Waals surface area contributed by atoms with Gasteiger partial charge in [-0.1, -0.05) is 19.3 Å². The molecule has 21 heavy (non-hydrogen) atoms. The molecule has 0 heterocycles. The zero-order valence-corrected chi connectivity index (χ0v) is 14.1. The maximum Gasteiger partial charge on any atom is 0.407 e. The van der Waals surface area contributed by atoms with Crippen molar-refractivity contribution >= 4 is 6.09 Å². The van der Waals surface area contributed by atoms with Crippen LogP contribution in [0.25, 0.3) is 0 Å². The third-order valence-electron chi connectivity index (χ3n) is 3.94. The first kappa shape index (κ1) is 18.2. The van der Waals surface area contributed by atoms with Gasteiger partial charge in [-0.15, -0.1) is 0 Å². The average Bonchev–Trinajstić information content (AvgIpc) is 2.42. The van der Waals surface area contributed by atoms with Crippen LogP contribution in [-0.4, -0.2) is 36.9 Å². The number of rotatable bonds is 6. The van der Waals surface area contributed by atoms with Crippen LogP contribution in [0.15, 0.2) is 0 Å². The van der Waals surface area contributed by atoms with Crippen molar-refractivity contribution in [2.75, 3.05) is 13.1 Å². The summed E-state index contributed by atoms with van der Waals surface area (Å²) < 4.78 is 5.30. The fraction of sp³-hybridized carbons (Fsp3) is 0.938. The predicted molar refractivity (Wildman–Crippen MR) is 86.3 cm³/mol.